The molecule has 0 radical (unpaired) electrons. The Morgan fingerprint density at radius 1 is 1.37 bits per heavy atom. The minimum atomic E-state index is -0.0942. The summed E-state index contributed by atoms with van der Waals surface area (Å²) in [5, 5.41) is 0. The average molecular weight is 263 g/mol. The van der Waals surface area contributed by atoms with E-state index in [9.17, 15) is 4.39 Å². The molecular weight excluding hydrogens is 237 g/mol. The summed E-state index contributed by atoms with van der Waals surface area (Å²) in [4.78, 5) is 2.54. The number of likely N-dealkylation sites (tertiary alicyclic amines) is 1. The van der Waals surface area contributed by atoms with Crippen LogP contribution in [0.1, 0.15) is 50.2 Å². The van der Waals surface area contributed by atoms with Gasteiger partial charge < -0.3 is 0 Å². The molecule has 0 spiro atoms. The Bertz CT molecular complexity index is 402. The maximum absolute atomic E-state index is 13.3. The number of hydrogen-bond donors (Lipinski definition) is 0. The fourth-order valence-corrected chi connectivity index (χ4v) is 3.09. The minimum absolute atomic E-state index is 0.0942. The number of benzene rings is 1. The molecule has 0 aromatic heterocycles. The number of nitrogens with zero attached hydrogens (tertiary/aromatic N) is 1. The zero-order chi connectivity index (χ0) is 13.7. The van der Waals surface area contributed by atoms with Gasteiger partial charge in [-0.1, -0.05) is 31.9 Å². The molecule has 1 aliphatic rings. The van der Waals surface area contributed by atoms with Crippen molar-refractivity contribution in [3.8, 4) is 0 Å². The van der Waals surface area contributed by atoms with Gasteiger partial charge in [-0.05, 0) is 55.8 Å². The van der Waals surface area contributed by atoms with Crippen molar-refractivity contribution in [2.24, 2.45) is 5.92 Å². The van der Waals surface area contributed by atoms with Gasteiger partial charge in [0.2, 0.25) is 0 Å². The van der Waals surface area contributed by atoms with E-state index in [4.69, 9.17) is 0 Å². The number of aryl methyl sites for hydroxylation is 1. The summed E-state index contributed by atoms with van der Waals surface area (Å²) in [6.07, 6.45) is 6.73. The van der Waals surface area contributed by atoms with Crippen LogP contribution in [0.15, 0.2) is 18.2 Å². The molecule has 1 saturated heterocycles. The summed E-state index contributed by atoms with van der Waals surface area (Å²) < 4.78 is 13.3. The predicted molar refractivity (Wildman–Crippen MR) is 78.7 cm³/mol. The quantitative estimate of drug-likeness (QED) is 0.754. The van der Waals surface area contributed by atoms with Crippen LogP contribution in [0.3, 0.4) is 0 Å². The Balaban J connectivity index is 1.89. The first kappa shape index (κ1) is 14.5. The molecule has 1 heterocycles. The van der Waals surface area contributed by atoms with Crippen molar-refractivity contribution < 1.29 is 4.39 Å². The number of rotatable bonds is 5. The Morgan fingerprint density at radius 3 is 2.95 bits per heavy atom. The zero-order valence-corrected chi connectivity index (χ0v) is 12.3. The SMILES string of the molecule is CCCCC1CCCN(Cc2ccc(F)c(C)c2)C1. The lowest BCUT2D eigenvalue weighted by molar-refractivity contribution is 0.160. The van der Waals surface area contributed by atoms with Gasteiger partial charge in [0.05, 0.1) is 0 Å². The van der Waals surface area contributed by atoms with E-state index < -0.39 is 0 Å². The third-order valence-electron chi connectivity index (χ3n) is 4.20. The van der Waals surface area contributed by atoms with Crippen molar-refractivity contribution in [1.29, 1.82) is 0 Å². The highest BCUT2D eigenvalue weighted by molar-refractivity contribution is 5.23. The maximum atomic E-state index is 13.3. The molecule has 0 bridgehead atoms. The zero-order valence-electron chi connectivity index (χ0n) is 12.3. The topological polar surface area (TPSA) is 3.24 Å². The highest BCUT2D eigenvalue weighted by Crippen LogP contribution is 2.23. The second-order valence-electron chi connectivity index (χ2n) is 5.97. The van der Waals surface area contributed by atoms with Gasteiger partial charge in [0.1, 0.15) is 5.82 Å². The van der Waals surface area contributed by atoms with Gasteiger partial charge in [-0.15, -0.1) is 0 Å². The maximum Gasteiger partial charge on any atom is 0.126 e. The molecule has 0 aliphatic carbocycles. The molecule has 1 fully saturated rings. The van der Waals surface area contributed by atoms with Crippen molar-refractivity contribution in [3.63, 3.8) is 0 Å². The van der Waals surface area contributed by atoms with E-state index in [1.54, 1.807) is 6.07 Å². The highest BCUT2D eigenvalue weighted by atomic mass is 19.1. The number of hydrogen-bond acceptors (Lipinski definition) is 1. The van der Waals surface area contributed by atoms with E-state index in [-0.39, 0.29) is 5.82 Å². The van der Waals surface area contributed by atoms with E-state index in [0.29, 0.717) is 0 Å². The predicted octanol–water partition coefficient (Wildman–Crippen LogP) is 4.54. The summed E-state index contributed by atoms with van der Waals surface area (Å²) in [5.74, 6) is 0.776. The van der Waals surface area contributed by atoms with Crippen LogP contribution in [0, 0.1) is 18.7 Å². The Hall–Kier alpha value is -0.890. The molecule has 0 saturated carbocycles. The van der Waals surface area contributed by atoms with Crippen LogP contribution in [-0.2, 0) is 6.54 Å². The van der Waals surface area contributed by atoms with Crippen molar-refractivity contribution in [1.82, 2.24) is 4.90 Å². The molecule has 2 rings (SSSR count). The van der Waals surface area contributed by atoms with Gasteiger partial charge >= 0.3 is 0 Å². The molecule has 2 heteroatoms. The molecule has 19 heavy (non-hydrogen) atoms. The van der Waals surface area contributed by atoms with Crippen LogP contribution in [-0.4, -0.2) is 18.0 Å². The fourth-order valence-electron chi connectivity index (χ4n) is 3.09. The first-order valence-electron chi connectivity index (χ1n) is 7.66. The van der Waals surface area contributed by atoms with Crippen molar-refractivity contribution in [2.45, 2.75) is 52.5 Å². The van der Waals surface area contributed by atoms with Gasteiger partial charge in [-0.3, -0.25) is 4.90 Å². The van der Waals surface area contributed by atoms with Crippen molar-refractivity contribution >= 4 is 0 Å². The minimum Gasteiger partial charge on any atom is -0.299 e. The summed E-state index contributed by atoms with van der Waals surface area (Å²) in [7, 11) is 0. The molecule has 1 nitrogen and oxygen atoms in total. The lowest BCUT2D eigenvalue weighted by Crippen LogP contribution is -2.34. The van der Waals surface area contributed by atoms with Crippen LogP contribution in [0.2, 0.25) is 0 Å². The van der Waals surface area contributed by atoms with Crippen LogP contribution in [0.25, 0.3) is 0 Å². The standard InChI is InChI=1S/C17H26FN/c1-3-4-6-15-7-5-10-19(12-15)13-16-8-9-17(18)14(2)11-16/h8-9,11,15H,3-7,10,12-13H2,1-2H3. The number of unbranched alkanes of at least 4 members (excludes halogenated alkanes) is 1. The summed E-state index contributed by atoms with van der Waals surface area (Å²) in [6, 6.07) is 5.52. The van der Waals surface area contributed by atoms with Crippen molar-refractivity contribution in [2.75, 3.05) is 13.1 Å². The summed E-state index contributed by atoms with van der Waals surface area (Å²) in [5.41, 5.74) is 2.01. The monoisotopic (exact) mass is 263 g/mol. The fraction of sp³-hybridized carbons (Fsp3) is 0.647. The van der Waals surface area contributed by atoms with E-state index in [1.165, 1.54) is 50.8 Å². The van der Waals surface area contributed by atoms with Gasteiger partial charge in [0.15, 0.2) is 0 Å². The molecule has 1 unspecified atom stereocenters. The molecule has 0 amide bonds. The Labute approximate surface area is 116 Å². The smallest absolute Gasteiger partial charge is 0.126 e. The number of piperidine rings is 1. The highest BCUT2D eigenvalue weighted by Gasteiger charge is 2.19. The van der Waals surface area contributed by atoms with E-state index in [1.807, 2.05) is 19.1 Å². The van der Waals surface area contributed by atoms with Crippen LogP contribution >= 0.6 is 0 Å². The third kappa shape index (κ3) is 4.31. The molecule has 1 aromatic rings. The third-order valence-corrected chi connectivity index (χ3v) is 4.20. The van der Waals surface area contributed by atoms with E-state index in [2.05, 4.69) is 11.8 Å². The van der Waals surface area contributed by atoms with Gasteiger partial charge in [0, 0.05) is 13.1 Å². The van der Waals surface area contributed by atoms with Gasteiger partial charge in [0.25, 0.3) is 0 Å². The summed E-state index contributed by atoms with van der Waals surface area (Å²) in [6.45, 7) is 7.50. The van der Waals surface area contributed by atoms with Crippen molar-refractivity contribution in [3.05, 3.63) is 35.1 Å². The molecule has 0 N–H and O–H groups in total. The van der Waals surface area contributed by atoms with Crippen LogP contribution < -0.4 is 0 Å². The first-order chi connectivity index (χ1) is 9.19. The van der Waals surface area contributed by atoms with Gasteiger partial charge in [-0.25, -0.2) is 4.39 Å². The Kier molecular flexibility index (Phi) is 5.38. The van der Waals surface area contributed by atoms with Crippen LogP contribution in [0.5, 0.6) is 0 Å². The molecule has 106 valence electrons. The number of halogens is 1. The average Bonchev–Trinajstić information content (AvgIpc) is 2.41. The largest absolute Gasteiger partial charge is 0.299 e. The molecule has 1 aromatic carbocycles. The molecule has 1 aliphatic heterocycles. The first-order valence-corrected chi connectivity index (χ1v) is 7.66. The second kappa shape index (κ2) is 7.04. The lowest BCUT2D eigenvalue weighted by atomic mass is 9.92. The van der Waals surface area contributed by atoms with E-state index >= 15 is 0 Å². The van der Waals surface area contributed by atoms with Crippen LogP contribution in [0.4, 0.5) is 4.39 Å². The van der Waals surface area contributed by atoms with Gasteiger partial charge in [-0.2, -0.15) is 0 Å². The lowest BCUT2D eigenvalue weighted by Gasteiger charge is -2.32. The molecule has 1 atom stereocenters. The molecular formula is C17H26FN. The Morgan fingerprint density at radius 2 is 2.21 bits per heavy atom. The van der Waals surface area contributed by atoms with E-state index in [0.717, 1.165) is 18.0 Å². The second-order valence-corrected chi connectivity index (χ2v) is 5.97. The summed E-state index contributed by atoms with van der Waals surface area (Å²) >= 11 is 0. The normalized spacial score (nSPS) is 20.7.